The van der Waals surface area contributed by atoms with Gasteiger partial charge in [0.05, 0.1) is 6.04 Å². The predicted octanol–water partition coefficient (Wildman–Crippen LogP) is 3.95. The molecule has 4 heteroatoms. The monoisotopic (exact) mass is 353 g/mol. The largest absolute Gasteiger partial charge is 0.452 e. The molecule has 4 nitrogen and oxygen atoms in total. The highest BCUT2D eigenvalue weighted by Gasteiger charge is 2.38. The fourth-order valence-electron chi connectivity index (χ4n) is 4.61. The minimum absolute atomic E-state index is 0.00658. The highest BCUT2D eigenvalue weighted by Crippen LogP contribution is 2.37. The van der Waals surface area contributed by atoms with Crippen LogP contribution in [-0.2, 0) is 20.7 Å². The summed E-state index contributed by atoms with van der Waals surface area (Å²) in [7, 11) is 0. The quantitative estimate of drug-likeness (QED) is 0.608. The lowest BCUT2D eigenvalue weighted by Crippen LogP contribution is -2.45. The summed E-state index contributed by atoms with van der Waals surface area (Å²) in [4.78, 5) is 26.9. The molecule has 0 unspecified atom stereocenters. The zero-order valence-corrected chi connectivity index (χ0v) is 15.2. The van der Waals surface area contributed by atoms with Crippen LogP contribution in [0.5, 0.6) is 0 Å². The summed E-state index contributed by atoms with van der Waals surface area (Å²) in [6.45, 7) is 0.760. The molecule has 0 saturated carbocycles. The number of hydrogen-bond acceptors (Lipinski definition) is 3. The van der Waals surface area contributed by atoms with Crippen LogP contribution >= 0.6 is 0 Å². The Bertz CT molecular complexity index is 711. The number of nitrogens with zero attached hydrogens (tertiary/aromatic N) is 1. The van der Waals surface area contributed by atoms with Crippen molar-refractivity contribution in [2.45, 2.75) is 63.5 Å². The van der Waals surface area contributed by atoms with Gasteiger partial charge < -0.3 is 9.64 Å². The fourth-order valence-corrected chi connectivity index (χ4v) is 4.61. The van der Waals surface area contributed by atoms with E-state index in [1.165, 1.54) is 11.1 Å². The van der Waals surface area contributed by atoms with E-state index in [1.54, 1.807) is 0 Å². The summed E-state index contributed by atoms with van der Waals surface area (Å²) in [5.74, 6) is 0.259. The van der Waals surface area contributed by atoms with Crippen molar-refractivity contribution in [1.29, 1.82) is 0 Å². The van der Waals surface area contributed by atoms with Crippen molar-refractivity contribution in [3.8, 4) is 0 Å². The summed E-state index contributed by atoms with van der Waals surface area (Å²) >= 11 is 0. The number of amides is 1. The zero-order valence-electron chi connectivity index (χ0n) is 15.2. The van der Waals surface area contributed by atoms with Crippen LogP contribution in [0.15, 0.2) is 36.4 Å². The van der Waals surface area contributed by atoms with Crippen LogP contribution in [0.4, 0.5) is 0 Å². The number of aryl methyl sites for hydroxylation is 1. The van der Waals surface area contributed by atoms with Crippen LogP contribution in [0.3, 0.4) is 0 Å². The number of cyclic esters (lactones) is 1. The van der Waals surface area contributed by atoms with Gasteiger partial charge in [0, 0.05) is 19.4 Å². The van der Waals surface area contributed by atoms with E-state index >= 15 is 0 Å². The summed E-state index contributed by atoms with van der Waals surface area (Å²) in [5.41, 5.74) is 2.64. The second-order valence-corrected chi connectivity index (χ2v) is 7.77. The third-order valence-corrected chi connectivity index (χ3v) is 5.99. The Morgan fingerprint density at radius 3 is 2.77 bits per heavy atom. The Balaban J connectivity index is 1.61. The molecular formula is C22H27NO3. The summed E-state index contributed by atoms with van der Waals surface area (Å²) < 4.78 is 5.33. The molecule has 1 aromatic rings. The lowest BCUT2D eigenvalue weighted by Gasteiger charge is -2.39. The standard InChI is InChI=1S/C22H27NO3/c24-21-14-13-20(26-21)22(25)23(15-16-7-2-1-3-8-16)19-12-6-10-17-9-4-5-11-18(17)19/h1-2,4-5,9,11,16,19-20H,3,6-8,10,12-15H2/t16-,19-,20+/m1/s1. The molecule has 1 aromatic carbocycles. The number of carbonyl (C=O) groups excluding carboxylic acids is 2. The first-order valence-corrected chi connectivity index (χ1v) is 9.95. The van der Waals surface area contributed by atoms with Crippen LogP contribution in [-0.4, -0.2) is 29.4 Å². The van der Waals surface area contributed by atoms with Crippen LogP contribution in [0.2, 0.25) is 0 Å². The molecule has 1 aliphatic heterocycles. The first kappa shape index (κ1) is 17.3. The molecule has 1 fully saturated rings. The van der Waals surface area contributed by atoms with Crippen molar-refractivity contribution in [2.24, 2.45) is 5.92 Å². The van der Waals surface area contributed by atoms with Gasteiger partial charge in [0.15, 0.2) is 6.10 Å². The summed E-state index contributed by atoms with van der Waals surface area (Å²) in [6.07, 6.45) is 11.2. The van der Waals surface area contributed by atoms with Gasteiger partial charge in [-0.05, 0) is 55.6 Å². The van der Waals surface area contributed by atoms with Crippen LogP contribution < -0.4 is 0 Å². The minimum Gasteiger partial charge on any atom is -0.452 e. The van der Waals surface area contributed by atoms with Crippen molar-refractivity contribution < 1.29 is 14.3 Å². The molecule has 1 heterocycles. The average molecular weight is 353 g/mol. The van der Waals surface area contributed by atoms with Gasteiger partial charge in [-0.15, -0.1) is 0 Å². The van der Waals surface area contributed by atoms with Gasteiger partial charge in [-0.1, -0.05) is 36.4 Å². The van der Waals surface area contributed by atoms with Crippen LogP contribution in [0, 0.1) is 5.92 Å². The molecule has 1 amide bonds. The SMILES string of the molecule is O=C1CC[C@@H](C(=O)N(C[C@@H]2CC=CCC2)[C@@H]2CCCc3ccccc32)O1. The second-order valence-electron chi connectivity index (χ2n) is 7.77. The average Bonchev–Trinajstić information content (AvgIpc) is 3.12. The molecule has 0 radical (unpaired) electrons. The number of hydrogen-bond donors (Lipinski definition) is 0. The topological polar surface area (TPSA) is 46.6 Å². The summed E-state index contributed by atoms with van der Waals surface area (Å²) in [6, 6.07) is 8.61. The normalized spacial score (nSPS) is 27.7. The molecule has 0 aromatic heterocycles. The second kappa shape index (κ2) is 7.65. The molecule has 0 spiro atoms. The number of benzene rings is 1. The number of carbonyl (C=O) groups is 2. The Morgan fingerprint density at radius 2 is 2.00 bits per heavy atom. The summed E-state index contributed by atoms with van der Waals surface area (Å²) in [5, 5.41) is 0. The molecule has 1 saturated heterocycles. The highest BCUT2D eigenvalue weighted by atomic mass is 16.6. The first-order chi connectivity index (χ1) is 12.7. The maximum Gasteiger partial charge on any atom is 0.306 e. The van der Waals surface area contributed by atoms with Crippen molar-refractivity contribution in [3.05, 3.63) is 47.5 Å². The Kier molecular flexibility index (Phi) is 5.09. The van der Waals surface area contributed by atoms with Gasteiger partial charge in [-0.2, -0.15) is 0 Å². The van der Waals surface area contributed by atoms with E-state index in [2.05, 4.69) is 36.4 Å². The van der Waals surface area contributed by atoms with Gasteiger partial charge in [0.25, 0.3) is 5.91 Å². The van der Waals surface area contributed by atoms with E-state index in [1.807, 2.05) is 4.90 Å². The van der Waals surface area contributed by atoms with Crippen LogP contribution in [0.1, 0.15) is 62.1 Å². The van der Waals surface area contributed by atoms with Gasteiger partial charge >= 0.3 is 5.97 Å². The molecular weight excluding hydrogens is 326 g/mol. The first-order valence-electron chi connectivity index (χ1n) is 9.95. The third-order valence-electron chi connectivity index (χ3n) is 5.99. The molecule has 3 atom stereocenters. The fraction of sp³-hybridized carbons (Fsp3) is 0.545. The van der Waals surface area contributed by atoms with Crippen molar-refractivity contribution in [3.63, 3.8) is 0 Å². The molecule has 0 bridgehead atoms. The Labute approximate surface area is 155 Å². The molecule has 138 valence electrons. The molecule has 4 rings (SSSR count). The smallest absolute Gasteiger partial charge is 0.306 e. The molecule has 2 aliphatic carbocycles. The Hall–Kier alpha value is -2.10. The van der Waals surface area contributed by atoms with Gasteiger partial charge in [0.2, 0.25) is 0 Å². The van der Waals surface area contributed by atoms with E-state index in [0.717, 1.165) is 45.1 Å². The number of esters is 1. The van der Waals surface area contributed by atoms with Crippen LogP contribution in [0.25, 0.3) is 0 Å². The number of ether oxygens (including phenoxy) is 1. The minimum atomic E-state index is -0.587. The molecule has 3 aliphatic rings. The molecule has 0 N–H and O–H groups in total. The number of allylic oxidation sites excluding steroid dienone is 2. The maximum atomic E-state index is 13.3. The predicted molar refractivity (Wildman–Crippen MR) is 99.4 cm³/mol. The van der Waals surface area contributed by atoms with E-state index in [9.17, 15) is 9.59 Å². The number of rotatable bonds is 4. The van der Waals surface area contributed by atoms with E-state index in [4.69, 9.17) is 4.74 Å². The zero-order chi connectivity index (χ0) is 17.9. The highest BCUT2D eigenvalue weighted by molar-refractivity contribution is 5.87. The maximum absolute atomic E-state index is 13.3. The number of fused-ring (bicyclic) bond motifs is 1. The lowest BCUT2D eigenvalue weighted by atomic mass is 9.85. The van der Waals surface area contributed by atoms with E-state index in [0.29, 0.717) is 18.8 Å². The van der Waals surface area contributed by atoms with Gasteiger partial charge in [0.1, 0.15) is 0 Å². The Morgan fingerprint density at radius 1 is 1.12 bits per heavy atom. The lowest BCUT2D eigenvalue weighted by molar-refractivity contribution is -0.155. The van der Waals surface area contributed by atoms with Crippen molar-refractivity contribution in [1.82, 2.24) is 4.90 Å². The third kappa shape index (κ3) is 3.55. The van der Waals surface area contributed by atoms with Crippen molar-refractivity contribution >= 4 is 11.9 Å². The van der Waals surface area contributed by atoms with E-state index in [-0.39, 0.29) is 17.9 Å². The van der Waals surface area contributed by atoms with Gasteiger partial charge in [-0.25, -0.2) is 0 Å². The van der Waals surface area contributed by atoms with E-state index < -0.39 is 6.10 Å². The van der Waals surface area contributed by atoms with Gasteiger partial charge in [-0.3, -0.25) is 9.59 Å². The molecule has 26 heavy (non-hydrogen) atoms. The van der Waals surface area contributed by atoms with Crippen molar-refractivity contribution in [2.75, 3.05) is 6.54 Å².